The Morgan fingerprint density at radius 3 is 2.52 bits per heavy atom. The normalized spacial score (nSPS) is 13.9. The Balaban J connectivity index is 1.64. The van der Waals surface area contributed by atoms with Crippen molar-refractivity contribution in [2.45, 2.75) is 19.3 Å². The lowest BCUT2D eigenvalue weighted by molar-refractivity contribution is -0.118. The van der Waals surface area contributed by atoms with Crippen LogP contribution in [0.25, 0.3) is 0 Å². The van der Waals surface area contributed by atoms with Crippen molar-refractivity contribution in [2.75, 3.05) is 25.0 Å². The highest BCUT2D eigenvalue weighted by Gasteiger charge is 2.21. The van der Waals surface area contributed by atoms with E-state index < -0.39 is 24.1 Å². The Bertz CT molecular complexity index is 836. The first-order valence-electron chi connectivity index (χ1n) is 8.80. The van der Waals surface area contributed by atoms with Gasteiger partial charge in [0.25, 0.3) is 11.8 Å². The SMILES string of the molecule is O=C(COc1ccc(F)cc1F)Nc1ccccc1C(=O)N1CCCCC1. The van der Waals surface area contributed by atoms with Gasteiger partial charge in [-0.3, -0.25) is 9.59 Å². The molecule has 0 spiro atoms. The maximum Gasteiger partial charge on any atom is 0.262 e. The molecule has 3 rings (SSSR count). The fourth-order valence-electron chi connectivity index (χ4n) is 2.97. The number of hydrogen-bond donors (Lipinski definition) is 1. The quantitative estimate of drug-likeness (QED) is 0.870. The van der Waals surface area contributed by atoms with Gasteiger partial charge in [0.05, 0.1) is 11.3 Å². The van der Waals surface area contributed by atoms with Gasteiger partial charge in [0.2, 0.25) is 0 Å². The van der Waals surface area contributed by atoms with Crippen molar-refractivity contribution in [1.29, 1.82) is 0 Å². The second-order valence-corrected chi connectivity index (χ2v) is 6.31. The molecule has 27 heavy (non-hydrogen) atoms. The first-order valence-corrected chi connectivity index (χ1v) is 8.80. The van der Waals surface area contributed by atoms with Gasteiger partial charge >= 0.3 is 0 Å². The van der Waals surface area contributed by atoms with E-state index in [1.54, 1.807) is 29.2 Å². The summed E-state index contributed by atoms with van der Waals surface area (Å²) in [6.45, 7) is 0.941. The molecule has 7 heteroatoms. The summed E-state index contributed by atoms with van der Waals surface area (Å²) >= 11 is 0. The van der Waals surface area contributed by atoms with Gasteiger partial charge < -0.3 is 15.0 Å². The fourth-order valence-corrected chi connectivity index (χ4v) is 2.97. The number of piperidine rings is 1. The molecule has 1 saturated heterocycles. The molecule has 0 unspecified atom stereocenters. The van der Waals surface area contributed by atoms with E-state index in [4.69, 9.17) is 4.74 Å². The number of benzene rings is 2. The van der Waals surface area contributed by atoms with Gasteiger partial charge in [0.1, 0.15) is 5.82 Å². The predicted molar refractivity (Wildman–Crippen MR) is 96.7 cm³/mol. The maximum absolute atomic E-state index is 13.6. The Morgan fingerprint density at radius 2 is 1.78 bits per heavy atom. The number of nitrogens with one attached hydrogen (secondary N) is 1. The lowest BCUT2D eigenvalue weighted by Crippen LogP contribution is -2.36. The summed E-state index contributed by atoms with van der Waals surface area (Å²) in [6, 6.07) is 9.58. The number of carbonyl (C=O) groups excluding carboxylic acids is 2. The van der Waals surface area contributed by atoms with Crippen molar-refractivity contribution in [3.8, 4) is 5.75 Å². The van der Waals surface area contributed by atoms with E-state index in [0.717, 1.165) is 31.4 Å². The Labute approximate surface area is 155 Å². The number of rotatable bonds is 5. The third-order valence-corrected chi connectivity index (χ3v) is 4.33. The zero-order valence-electron chi connectivity index (χ0n) is 14.7. The van der Waals surface area contributed by atoms with Crippen molar-refractivity contribution in [3.05, 3.63) is 59.7 Å². The van der Waals surface area contributed by atoms with Crippen molar-refractivity contribution in [1.82, 2.24) is 4.90 Å². The zero-order valence-corrected chi connectivity index (χ0v) is 14.7. The average molecular weight is 374 g/mol. The molecule has 2 amide bonds. The molecule has 0 bridgehead atoms. The predicted octanol–water partition coefficient (Wildman–Crippen LogP) is 3.61. The van der Waals surface area contributed by atoms with Crippen molar-refractivity contribution < 1.29 is 23.1 Å². The molecule has 5 nitrogen and oxygen atoms in total. The average Bonchev–Trinajstić information content (AvgIpc) is 2.68. The molecule has 2 aromatic rings. The van der Waals surface area contributed by atoms with Crippen LogP contribution in [-0.2, 0) is 4.79 Å². The number of likely N-dealkylation sites (tertiary alicyclic amines) is 1. The second-order valence-electron chi connectivity index (χ2n) is 6.31. The largest absolute Gasteiger partial charge is 0.481 e. The van der Waals surface area contributed by atoms with Gasteiger partial charge in [0, 0.05) is 19.2 Å². The molecular weight excluding hydrogens is 354 g/mol. The van der Waals surface area contributed by atoms with Crippen LogP contribution in [0.5, 0.6) is 5.75 Å². The highest BCUT2D eigenvalue weighted by atomic mass is 19.1. The molecular formula is C20H20F2N2O3. The van der Waals surface area contributed by atoms with Crippen molar-refractivity contribution >= 4 is 17.5 Å². The van der Waals surface area contributed by atoms with E-state index in [-0.39, 0.29) is 11.7 Å². The lowest BCUT2D eigenvalue weighted by Gasteiger charge is -2.27. The van der Waals surface area contributed by atoms with E-state index in [1.807, 2.05) is 0 Å². The summed E-state index contributed by atoms with van der Waals surface area (Å²) in [5.41, 5.74) is 0.780. The summed E-state index contributed by atoms with van der Waals surface area (Å²) in [6.07, 6.45) is 3.05. The van der Waals surface area contributed by atoms with Crippen LogP contribution in [0, 0.1) is 11.6 Å². The van der Waals surface area contributed by atoms with E-state index in [9.17, 15) is 18.4 Å². The number of amides is 2. The summed E-state index contributed by atoms with van der Waals surface area (Å²) < 4.78 is 31.5. The van der Waals surface area contributed by atoms with E-state index in [2.05, 4.69) is 5.32 Å². The second kappa shape index (κ2) is 8.62. The summed E-state index contributed by atoms with van der Waals surface area (Å²) in [5.74, 6) is -2.50. The molecule has 0 aromatic heterocycles. The van der Waals surface area contributed by atoms with Crippen LogP contribution in [0.15, 0.2) is 42.5 Å². The molecule has 142 valence electrons. The number of para-hydroxylation sites is 1. The van der Waals surface area contributed by atoms with Crippen molar-refractivity contribution in [3.63, 3.8) is 0 Å². The minimum atomic E-state index is -0.886. The molecule has 2 aromatic carbocycles. The monoisotopic (exact) mass is 374 g/mol. The molecule has 1 aliphatic heterocycles. The molecule has 1 fully saturated rings. The maximum atomic E-state index is 13.6. The third kappa shape index (κ3) is 4.81. The smallest absolute Gasteiger partial charge is 0.262 e. The molecule has 1 N–H and O–H groups in total. The van der Waals surface area contributed by atoms with E-state index >= 15 is 0 Å². The Hall–Kier alpha value is -2.96. The highest BCUT2D eigenvalue weighted by molar-refractivity contribution is 6.04. The van der Waals surface area contributed by atoms with Crippen LogP contribution in [0.3, 0.4) is 0 Å². The van der Waals surface area contributed by atoms with E-state index in [1.165, 1.54) is 0 Å². The van der Waals surface area contributed by atoms with Crippen LogP contribution < -0.4 is 10.1 Å². The van der Waals surface area contributed by atoms with Gasteiger partial charge in [0.15, 0.2) is 18.2 Å². The lowest BCUT2D eigenvalue weighted by atomic mass is 10.1. The van der Waals surface area contributed by atoms with E-state index in [0.29, 0.717) is 30.4 Å². The van der Waals surface area contributed by atoms with Crippen LogP contribution >= 0.6 is 0 Å². The van der Waals surface area contributed by atoms with Crippen molar-refractivity contribution in [2.24, 2.45) is 0 Å². The molecule has 0 saturated carbocycles. The number of ether oxygens (including phenoxy) is 1. The fraction of sp³-hybridized carbons (Fsp3) is 0.300. The van der Waals surface area contributed by atoms with Crippen LogP contribution in [0.1, 0.15) is 29.6 Å². The highest BCUT2D eigenvalue weighted by Crippen LogP contribution is 2.21. The topological polar surface area (TPSA) is 58.6 Å². The van der Waals surface area contributed by atoms with Gasteiger partial charge in [-0.1, -0.05) is 12.1 Å². The van der Waals surface area contributed by atoms with Gasteiger partial charge in [-0.25, -0.2) is 8.78 Å². The number of anilines is 1. The Morgan fingerprint density at radius 1 is 1.04 bits per heavy atom. The number of nitrogens with zero attached hydrogens (tertiary/aromatic N) is 1. The third-order valence-electron chi connectivity index (χ3n) is 4.33. The molecule has 0 radical (unpaired) electrons. The summed E-state index contributed by atoms with van der Waals surface area (Å²) in [5, 5.41) is 2.62. The standard InChI is InChI=1S/C20H20F2N2O3/c21-14-8-9-18(16(22)12-14)27-13-19(25)23-17-7-3-2-6-15(17)20(26)24-10-4-1-5-11-24/h2-3,6-9,12H,1,4-5,10-11,13H2,(H,23,25). The van der Waals surface area contributed by atoms with Crippen LogP contribution in [0.2, 0.25) is 0 Å². The van der Waals surface area contributed by atoms with Crippen LogP contribution in [-0.4, -0.2) is 36.4 Å². The Kier molecular flexibility index (Phi) is 6.01. The minimum absolute atomic E-state index is 0.129. The van der Waals surface area contributed by atoms with Gasteiger partial charge in [-0.2, -0.15) is 0 Å². The molecule has 1 aliphatic rings. The number of carbonyl (C=O) groups is 2. The molecule has 1 heterocycles. The summed E-state index contributed by atoms with van der Waals surface area (Å²) in [4.78, 5) is 26.7. The first-order chi connectivity index (χ1) is 13.0. The molecule has 0 aliphatic carbocycles. The summed E-state index contributed by atoms with van der Waals surface area (Å²) in [7, 11) is 0. The zero-order chi connectivity index (χ0) is 19.2. The number of hydrogen-bond acceptors (Lipinski definition) is 3. The minimum Gasteiger partial charge on any atom is -0.481 e. The molecule has 0 atom stereocenters. The van der Waals surface area contributed by atoms with Crippen LogP contribution in [0.4, 0.5) is 14.5 Å². The van der Waals surface area contributed by atoms with Gasteiger partial charge in [-0.05, 0) is 43.5 Å². The first kappa shape index (κ1) is 18.8. The number of halogens is 2. The van der Waals surface area contributed by atoms with Gasteiger partial charge in [-0.15, -0.1) is 0 Å².